The molecule has 0 bridgehead atoms. The minimum Gasteiger partial charge on any atom is -0.306 e. The number of amides is 1. The van der Waals surface area contributed by atoms with Gasteiger partial charge >= 0.3 is 6.18 Å². The summed E-state index contributed by atoms with van der Waals surface area (Å²) in [5.41, 5.74) is -2.52. The van der Waals surface area contributed by atoms with Gasteiger partial charge in [-0.3, -0.25) is 9.48 Å². The zero-order valence-electron chi connectivity index (χ0n) is 14.7. The van der Waals surface area contributed by atoms with E-state index in [0.717, 1.165) is 35.0 Å². The topological polar surface area (TPSA) is 59.8 Å². The lowest BCUT2D eigenvalue weighted by Crippen LogP contribution is -2.17. The molecule has 3 rings (SSSR count). The summed E-state index contributed by atoms with van der Waals surface area (Å²) < 4.78 is 81.3. The molecule has 0 fully saturated rings. The Hall–Kier alpha value is -3.37. The molecule has 0 aliphatic carbocycles. The Morgan fingerprint density at radius 2 is 1.76 bits per heavy atom. The normalized spacial score (nSPS) is 11.6. The predicted octanol–water partition coefficient (Wildman–Crippen LogP) is 4.65. The number of aryl methyl sites for hydroxylation is 1. The molecule has 29 heavy (non-hydrogen) atoms. The first kappa shape index (κ1) is 20.4. The molecule has 11 heteroatoms. The maximum absolute atomic E-state index is 14.4. The first-order valence-electron chi connectivity index (χ1n) is 8.19. The molecule has 0 saturated carbocycles. The van der Waals surface area contributed by atoms with Crippen molar-refractivity contribution in [1.29, 1.82) is 0 Å². The Labute approximate surface area is 160 Å². The van der Waals surface area contributed by atoms with Crippen molar-refractivity contribution < 1.29 is 31.1 Å². The fourth-order valence-electron chi connectivity index (χ4n) is 2.60. The molecule has 2 heterocycles. The summed E-state index contributed by atoms with van der Waals surface area (Å²) in [6.45, 7) is 1.56. The van der Waals surface area contributed by atoms with Gasteiger partial charge in [0.1, 0.15) is 23.0 Å². The van der Waals surface area contributed by atoms with E-state index in [1.165, 1.54) is 6.92 Å². The van der Waals surface area contributed by atoms with Crippen LogP contribution in [-0.2, 0) is 12.7 Å². The second-order valence-corrected chi connectivity index (χ2v) is 5.81. The van der Waals surface area contributed by atoms with Crippen molar-refractivity contribution in [3.8, 4) is 11.3 Å². The number of nitrogens with zero attached hydrogens (tertiary/aromatic N) is 3. The largest absolute Gasteiger partial charge is 0.435 e. The van der Waals surface area contributed by atoms with Gasteiger partial charge in [0.25, 0.3) is 5.91 Å². The van der Waals surface area contributed by atoms with Crippen LogP contribution in [0, 0.1) is 17.6 Å². The lowest BCUT2D eigenvalue weighted by molar-refractivity contribution is -0.141. The van der Waals surface area contributed by atoms with Crippen molar-refractivity contribution >= 4 is 11.7 Å². The Morgan fingerprint density at radius 1 is 1.10 bits per heavy atom. The number of benzene rings is 1. The zero-order valence-corrected chi connectivity index (χ0v) is 14.7. The van der Waals surface area contributed by atoms with Gasteiger partial charge in [-0.25, -0.2) is 13.8 Å². The molecule has 0 saturated heterocycles. The van der Waals surface area contributed by atoms with Crippen molar-refractivity contribution in [3.63, 3.8) is 0 Å². The van der Waals surface area contributed by atoms with E-state index < -0.39 is 40.9 Å². The first-order valence-corrected chi connectivity index (χ1v) is 8.19. The minimum absolute atomic E-state index is 0.0376. The lowest BCUT2D eigenvalue weighted by atomic mass is 10.1. The van der Waals surface area contributed by atoms with Crippen molar-refractivity contribution in [1.82, 2.24) is 14.8 Å². The van der Waals surface area contributed by atoms with E-state index >= 15 is 0 Å². The minimum atomic E-state index is -4.71. The van der Waals surface area contributed by atoms with Crippen LogP contribution in [0.4, 0.5) is 32.2 Å². The first-order chi connectivity index (χ1) is 13.6. The molecule has 0 radical (unpaired) electrons. The zero-order chi connectivity index (χ0) is 21.3. The van der Waals surface area contributed by atoms with Gasteiger partial charge in [0.2, 0.25) is 5.95 Å². The fourth-order valence-corrected chi connectivity index (χ4v) is 2.60. The monoisotopic (exact) mass is 414 g/mol. The van der Waals surface area contributed by atoms with Gasteiger partial charge in [0.15, 0.2) is 5.69 Å². The van der Waals surface area contributed by atoms with Crippen LogP contribution >= 0.6 is 0 Å². The van der Waals surface area contributed by atoms with E-state index in [1.54, 1.807) is 0 Å². The average Bonchev–Trinajstić information content (AvgIpc) is 3.06. The molecule has 5 nitrogen and oxygen atoms in total. The van der Waals surface area contributed by atoms with Crippen LogP contribution in [0.2, 0.25) is 0 Å². The summed E-state index contributed by atoms with van der Waals surface area (Å²) in [6.07, 6.45) is -4.71. The van der Waals surface area contributed by atoms with Gasteiger partial charge in [-0.1, -0.05) is 6.07 Å². The average molecular weight is 414 g/mol. The van der Waals surface area contributed by atoms with E-state index in [2.05, 4.69) is 10.1 Å². The second kappa shape index (κ2) is 7.57. The number of pyridine rings is 1. The number of halogens is 6. The van der Waals surface area contributed by atoms with Crippen LogP contribution in [-0.4, -0.2) is 20.7 Å². The molecule has 2 aromatic heterocycles. The highest BCUT2D eigenvalue weighted by Gasteiger charge is 2.35. The number of hydrogen-bond acceptors (Lipinski definition) is 3. The Balaban J connectivity index is 1.92. The van der Waals surface area contributed by atoms with Gasteiger partial charge < -0.3 is 5.32 Å². The Kier molecular flexibility index (Phi) is 5.31. The molecule has 0 spiro atoms. The van der Waals surface area contributed by atoms with Gasteiger partial charge in [-0.2, -0.15) is 22.7 Å². The number of hydrogen-bond donors (Lipinski definition) is 1. The van der Waals surface area contributed by atoms with E-state index in [9.17, 15) is 31.1 Å². The van der Waals surface area contributed by atoms with E-state index in [4.69, 9.17) is 0 Å². The molecule has 0 aliphatic heterocycles. The molecule has 1 amide bonds. The predicted molar refractivity (Wildman–Crippen MR) is 90.4 cm³/mol. The molecule has 3 aromatic rings. The number of nitrogens with one attached hydrogen (secondary N) is 1. The van der Waals surface area contributed by atoms with Crippen molar-refractivity contribution in [2.24, 2.45) is 0 Å². The van der Waals surface area contributed by atoms with Crippen molar-refractivity contribution in [2.75, 3.05) is 5.32 Å². The maximum Gasteiger partial charge on any atom is 0.435 e. The van der Waals surface area contributed by atoms with Gasteiger partial charge in [0, 0.05) is 6.54 Å². The van der Waals surface area contributed by atoms with Crippen LogP contribution in [0.3, 0.4) is 0 Å². The van der Waals surface area contributed by atoms with E-state index in [0.29, 0.717) is 6.07 Å². The number of aromatic nitrogens is 3. The maximum atomic E-state index is 14.4. The molecule has 0 atom stereocenters. The highest BCUT2D eigenvalue weighted by atomic mass is 19.4. The smallest absolute Gasteiger partial charge is 0.306 e. The SMILES string of the molecule is CCn1nc(C(F)(F)F)cc1-c1ccc(NC(=O)c2c(F)cccc2F)nc1F. The third kappa shape index (κ3) is 4.08. The van der Waals surface area contributed by atoms with E-state index in [-0.39, 0.29) is 23.6 Å². The molecular weight excluding hydrogens is 402 g/mol. The summed E-state index contributed by atoms with van der Waals surface area (Å²) in [6, 6.07) is 5.67. The van der Waals surface area contributed by atoms with Gasteiger partial charge in [-0.15, -0.1) is 0 Å². The van der Waals surface area contributed by atoms with Crippen LogP contribution in [0.15, 0.2) is 36.4 Å². The van der Waals surface area contributed by atoms with Crippen LogP contribution in [0.25, 0.3) is 11.3 Å². The standard InChI is InChI=1S/C18H12F6N4O/c1-2-28-12(8-13(27-28)18(22,23)24)9-6-7-14(25-16(9)21)26-17(29)15-10(19)4-3-5-11(15)20/h3-8H,2H2,1H3,(H,25,26,29). The summed E-state index contributed by atoms with van der Waals surface area (Å²) in [4.78, 5) is 15.5. The number of alkyl halides is 3. The summed E-state index contributed by atoms with van der Waals surface area (Å²) in [7, 11) is 0. The summed E-state index contributed by atoms with van der Waals surface area (Å²) in [5.74, 6) is -5.01. The number of anilines is 1. The molecule has 0 unspecified atom stereocenters. The Morgan fingerprint density at radius 3 is 2.31 bits per heavy atom. The van der Waals surface area contributed by atoms with Crippen molar-refractivity contribution in [2.45, 2.75) is 19.6 Å². The third-order valence-corrected chi connectivity index (χ3v) is 3.93. The summed E-state index contributed by atoms with van der Waals surface area (Å²) >= 11 is 0. The Bertz CT molecular complexity index is 1060. The number of carbonyl (C=O) groups is 1. The lowest BCUT2D eigenvalue weighted by Gasteiger charge is -2.09. The second-order valence-electron chi connectivity index (χ2n) is 5.81. The fraction of sp³-hybridized carbons (Fsp3) is 0.167. The molecule has 1 aromatic carbocycles. The number of rotatable bonds is 4. The molecule has 0 aliphatic rings. The molecule has 1 N–H and O–H groups in total. The number of carbonyl (C=O) groups excluding carboxylic acids is 1. The quantitative estimate of drug-likeness (QED) is 0.499. The highest BCUT2D eigenvalue weighted by Crippen LogP contribution is 2.32. The van der Waals surface area contributed by atoms with E-state index in [1.807, 2.05) is 5.32 Å². The van der Waals surface area contributed by atoms with Crippen LogP contribution < -0.4 is 5.32 Å². The highest BCUT2D eigenvalue weighted by molar-refractivity contribution is 6.04. The summed E-state index contributed by atoms with van der Waals surface area (Å²) in [5, 5.41) is 5.44. The van der Waals surface area contributed by atoms with Crippen molar-refractivity contribution in [3.05, 3.63) is 65.2 Å². The van der Waals surface area contributed by atoms with Gasteiger partial charge in [0.05, 0.1) is 11.3 Å². The third-order valence-electron chi connectivity index (χ3n) is 3.93. The van der Waals surface area contributed by atoms with Crippen LogP contribution in [0.1, 0.15) is 23.0 Å². The van der Waals surface area contributed by atoms with Crippen LogP contribution in [0.5, 0.6) is 0 Å². The van der Waals surface area contributed by atoms with Gasteiger partial charge in [-0.05, 0) is 37.3 Å². The molecule has 152 valence electrons. The molecular formula is C18H12F6N4O.